The number of nitrogens with zero attached hydrogens (tertiary/aromatic N) is 3. The first kappa shape index (κ1) is 30.8. The van der Waals surface area contributed by atoms with Crippen LogP contribution in [-0.4, -0.2) is 89.8 Å². The van der Waals surface area contributed by atoms with E-state index < -0.39 is 29.6 Å². The normalized spacial score (nSPS) is 26.1. The maximum atomic E-state index is 14.3. The molecule has 0 aromatic heterocycles. The van der Waals surface area contributed by atoms with Gasteiger partial charge < -0.3 is 29.3 Å². The molecule has 3 heterocycles. The van der Waals surface area contributed by atoms with Gasteiger partial charge in [0.1, 0.15) is 17.4 Å². The van der Waals surface area contributed by atoms with Gasteiger partial charge in [-0.1, -0.05) is 25.5 Å². The van der Waals surface area contributed by atoms with Crippen molar-refractivity contribution < 1.29 is 29.0 Å². The highest BCUT2D eigenvalue weighted by atomic mass is 16.5. The fourth-order valence-corrected chi connectivity index (χ4v) is 6.84. The molecule has 3 fully saturated rings. The molecule has 3 aliphatic heterocycles. The summed E-state index contributed by atoms with van der Waals surface area (Å²) >= 11 is 0. The second-order valence-corrected chi connectivity index (χ2v) is 11.1. The number of hydrogen-bond acceptors (Lipinski definition) is 6. The molecule has 3 saturated heterocycles. The van der Waals surface area contributed by atoms with Gasteiger partial charge in [0.25, 0.3) is 0 Å². The lowest BCUT2D eigenvalue weighted by molar-refractivity contribution is -0.147. The van der Waals surface area contributed by atoms with Gasteiger partial charge in [0, 0.05) is 38.5 Å². The quantitative estimate of drug-likeness (QED) is 0.242. The minimum absolute atomic E-state index is 0.00654. The summed E-state index contributed by atoms with van der Waals surface area (Å²) < 4.78 is 12.2. The van der Waals surface area contributed by atoms with Crippen molar-refractivity contribution in [3.63, 3.8) is 0 Å². The molecule has 2 unspecified atom stereocenters. The standard InChI is InChI=1S/C32H45N3O6/c1-5-9-20-33(18-6-2)31(39)28-32-17-16-25(41-32)26(27(32)30(38)35(28)21-10-11-22-36)29(37)34(19-7-3)23-12-14-24(15-13-23)40-8-4/h6-7,12-15,25-28,36H,2-3,5,8-11,16-22H2,1,4H3/t25-,26+,27-,28?,32?/m0/s1. The SMILES string of the molecule is C=CCN(CCCC)C(=O)C1N(CCCCO)C(=O)[C@@H]2[C@H](C(=O)N(CC=C)c3ccc(OCC)cc3)[C@@H]3CCC12O3. The highest BCUT2D eigenvalue weighted by Gasteiger charge is 2.74. The molecule has 9 nitrogen and oxygen atoms in total. The van der Waals surface area contributed by atoms with E-state index in [1.807, 2.05) is 31.2 Å². The molecule has 3 amide bonds. The minimum Gasteiger partial charge on any atom is -0.494 e. The number of ether oxygens (including phenoxy) is 2. The number of aliphatic hydroxyl groups excluding tert-OH is 1. The van der Waals surface area contributed by atoms with Crippen LogP contribution in [0.1, 0.15) is 52.4 Å². The molecule has 9 heteroatoms. The minimum atomic E-state index is -1.05. The van der Waals surface area contributed by atoms with E-state index in [2.05, 4.69) is 20.1 Å². The van der Waals surface area contributed by atoms with Crippen LogP contribution in [-0.2, 0) is 19.1 Å². The van der Waals surface area contributed by atoms with E-state index in [1.165, 1.54) is 0 Å². The zero-order valence-corrected chi connectivity index (χ0v) is 24.5. The number of amides is 3. The first-order chi connectivity index (χ1) is 19.9. The van der Waals surface area contributed by atoms with Crippen molar-refractivity contribution in [3.8, 4) is 5.75 Å². The smallest absolute Gasteiger partial charge is 0.248 e. The average Bonchev–Trinajstić information content (AvgIpc) is 3.61. The largest absolute Gasteiger partial charge is 0.494 e. The average molecular weight is 568 g/mol. The molecule has 5 atom stereocenters. The molecule has 224 valence electrons. The Morgan fingerprint density at radius 2 is 1.85 bits per heavy atom. The van der Waals surface area contributed by atoms with Gasteiger partial charge in [-0.2, -0.15) is 0 Å². The van der Waals surface area contributed by atoms with E-state index in [-0.39, 0.29) is 30.9 Å². The van der Waals surface area contributed by atoms with Crippen LogP contribution < -0.4 is 9.64 Å². The van der Waals surface area contributed by atoms with Crippen molar-refractivity contribution in [2.45, 2.75) is 70.1 Å². The van der Waals surface area contributed by atoms with E-state index in [1.54, 1.807) is 26.9 Å². The topological polar surface area (TPSA) is 99.6 Å². The lowest BCUT2D eigenvalue weighted by Gasteiger charge is -2.37. The van der Waals surface area contributed by atoms with Crippen LogP contribution in [0.15, 0.2) is 49.6 Å². The molecule has 41 heavy (non-hydrogen) atoms. The number of anilines is 1. The van der Waals surface area contributed by atoms with Crippen LogP contribution in [0.3, 0.4) is 0 Å². The Morgan fingerprint density at radius 3 is 2.49 bits per heavy atom. The summed E-state index contributed by atoms with van der Waals surface area (Å²) in [6.07, 6.45) is 6.93. The fourth-order valence-electron chi connectivity index (χ4n) is 6.84. The Morgan fingerprint density at radius 1 is 1.12 bits per heavy atom. The molecule has 2 bridgehead atoms. The van der Waals surface area contributed by atoms with Gasteiger partial charge in [-0.25, -0.2) is 0 Å². The van der Waals surface area contributed by atoms with Gasteiger partial charge >= 0.3 is 0 Å². The predicted molar refractivity (Wildman–Crippen MR) is 157 cm³/mol. The van der Waals surface area contributed by atoms with Crippen LogP contribution >= 0.6 is 0 Å². The monoisotopic (exact) mass is 567 g/mol. The van der Waals surface area contributed by atoms with Crippen LogP contribution in [0.25, 0.3) is 0 Å². The van der Waals surface area contributed by atoms with E-state index in [0.717, 1.165) is 12.8 Å². The van der Waals surface area contributed by atoms with Crippen molar-refractivity contribution >= 4 is 23.4 Å². The maximum Gasteiger partial charge on any atom is 0.248 e. The Kier molecular flexibility index (Phi) is 10.3. The third-order valence-corrected chi connectivity index (χ3v) is 8.61. The Balaban J connectivity index is 1.69. The molecular weight excluding hydrogens is 522 g/mol. The summed E-state index contributed by atoms with van der Waals surface area (Å²) in [5.74, 6) is -1.30. The number of rotatable bonds is 16. The van der Waals surface area contributed by atoms with Crippen molar-refractivity contribution in [2.75, 3.05) is 44.3 Å². The van der Waals surface area contributed by atoms with Crippen LogP contribution in [0.2, 0.25) is 0 Å². The Hall–Kier alpha value is -3.17. The zero-order chi connectivity index (χ0) is 29.6. The molecule has 4 rings (SSSR count). The van der Waals surface area contributed by atoms with E-state index in [4.69, 9.17) is 9.47 Å². The number of likely N-dealkylation sites (tertiary alicyclic amines) is 1. The lowest BCUT2D eigenvalue weighted by atomic mass is 9.70. The van der Waals surface area contributed by atoms with Crippen molar-refractivity contribution in [2.24, 2.45) is 11.8 Å². The highest BCUT2D eigenvalue weighted by molar-refractivity contribution is 6.03. The summed E-state index contributed by atoms with van der Waals surface area (Å²) in [6, 6.07) is 6.51. The summed E-state index contributed by atoms with van der Waals surface area (Å²) in [4.78, 5) is 47.8. The van der Waals surface area contributed by atoms with E-state index in [9.17, 15) is 19.5 Å². The first-order valence-corrected chi connectivity index (χ1v) is 15.0. The first-order valence-electron chi connectivity index (χ1n) is 15.0. The van der Waals surface area contributed by atoms with Crippen LogP contribution in [0.5, 0.6) is 5.75 Å². The number of carbonyl (C=O) groups excluding carboxylic acids is 3. The zero-order valence-electron chi connectivity index (χ0n) is 24.5. The number of carbonyl (C=O) groups is 3. The fraction of sp³-hybridized carbons (Fsp3) is 0.594. The predicted octanol–water partition coefficient (Wildman–Crippen LogP) is 3.57. The Bertz CT molecular complexity index is 1110. The summed E-state index contributed by atoms with van der Waals surface area (Å²) in [7, 11) is 0. The second kappa shape index (κ2) is 13.7. The van der Waals surface area contributed by atoms with Crippen molar-refractivity contribution in [1.29, 1.82) is 0 Å². The van der Waals surface area contributed by atoms with Gasteiger partial charge in [-0.05, 0) is 63.3 Å². The number of benzene rings is 1. The molecule has 1 aromatic carbocycles. The van der Waals surface area contributed by atoms with Crippen LogP contribution in [0.4, 0.5) is 5.69 Å². The van der Waals surface area contributed by atoms with Gasteiger partial charge in [-0.15, -0.1) is 13.2 Å². The highest BCUT2D eigenvalue weighted by Crippen LogP contribution is 2.59. The molecule has 3 aliphatic rings. The molecule has 1 spiro atoms. The summed E-state index contributed by atoms with van der Waals surface area (Å²) in [6.45, 7) is 13.8. The molecule has 1 aromatic rings. The number of aliphatic hydroxyl groups is 1. The number of hydrogen-bond donors (Lipinski definition) is 1. The van der Waals surface area contributed by atoms with Gasteiger partial charge in [0.05, 0.1) is 24.5 Å². The molecule has 0 radical (unpaired) electrons. The second-order valence-electron chi connectivity index (χ2n) is 11.1. The molecule has 1 N–H and O–H groups in total. The maximum absolute atomic E-state index is 14.3. The Labute approximate surface area is 243 Å². The molecule has 0 aliphatic carbocycles. The van der Waals surface area contributed by atoms with E-state index in [0.29, 0.717) is 63.4 Å². The van der Waals surface area contributed by atoms with E-state index >= 15 is 0 Å². The molecule has 0 saturated carbocycles. The van der Waals surface area contributed by atoms with Gasteiger partial charge in [0.2, 0.25) is 17.7 Å². The molecular formula is C32H45N3O6. The summed E-state index contributed by atoms with van der Waals surface area (Å²) in [5.41, 5.74) is -0.368. The third kappa shape index (κ3) is 5.79. The van der Waals surface area contributed by atoms with Gasteiger partial charge in [0.15, 0.2) is 0 Å². The lowest BCUT2D eigenvalue weighted by Crippen LogP contribution is -2.56. The van der Waals surface area contributed by atoms with Crippen molar-refractivity contribution in [1.82, 2.24) is 9.80 Å². The third-order valence-electron chi connectivity index (χ3n) is 8.61. The van der Waals surface area contributed by atoms with Crippen molar-refractivity contribution in [3.05, 3.63) is 49.6 Å². The number of unbranched alkanes of at least 4 members (excludes halogenated alkanes) is 2. The summed E-state index contributed by atoms with van der Waals surface area (Å²) in [5, 5.41) is 9.40. The van der Waals surface area contributed by atoms with Gasteiger partial charge in [-0.3, -0.25) is 14.4 Å². The van der Waals surface area contributed by atoms with Crippen LogP contribution in [0, 0.1) is 11.8 Å². The number of fused-ring (bicyclic) bond motifs is 1.